The second-order valence-electron chi connectivity index (χ2n) is 2.99. The van der Waals surface area contributed by atoms with E-state index in [1.54, 1.807) is 6.08 Å². The minimum atomic E-state index is -0.00505. The van der Waals surface area contributed by atoms with E-state index < -0.39 is 0 Å². The van der Waals surface area contributed by atoms with Crippen LogP contribution in [0, 0.1) is 25.2 Å². The molecule has 13 heavy (non-hydrogen) atoms. The molecule has 0 spiro atoms. The first kappa shape index (κ1) is 9.54. The summed E-state index contributed by atoms with van der Waals surface area (Å²) < 4.78 is 0. The van der Waals surface area contributed by atoms with Crippen LogP contribution < -0.4 is 0 Å². The molecule has 1 atom stereocenters. The first-order valence-electron chi connectivity index (χ1n) is 4.16. The molecule has 1 unspecified atom stereocenters. The third-order valence-electron chi connectivity index (χ3n) is 2.10. The summed E-state index contributed by atoms with van der Waals surface area (Å²) in [5, 5.41) is 8.93. The molecule has 0 aromatic heterocycles. The van der Waals surface area contributed by atoms with Crippen molar-refractivity contribution < 1.29 is 0 Å². The largest absolute Gasteiger partial charge is 0.192 e. The molecule has 65 valence electrons. The van der Waals surface area contributed by atoms with Gasteiger partial charge in [-0.2, -0.15) is 5.26 Å². The van der Waals surface area contributed by atoms with Crippen LogP contribution in [-0.2, 0) is 0 Å². The lowest BCUT2D eigenvalue weighted by Gasteiger charge is -2.09. The Kier molecular flexibility index (Phi) is 2.87. The molecule has 1 nitrogen and oxygen atoms in total. The Morgan fingerprint density at radius 2 is 2.23 bits per heavy atom. The Morgan fingerprint density at radius 1 is 1.54 bits per heavy atom. The van der Waals surface area contributed by atoms with E-state index in [4.69, 9.17) is 5.26 Å². The normalized spacial score (nSPS) is 11.8. The van der Waals surface area contributed by atoms with E-state index in [1.807, 2.05) is 25.1 Å². The Hall–Kier alpha value is -1.55. The lowest BCUT2D eigenvalue weighted by Crippen LogP contribution is -1.95. The van der Waals surface area contributed by atoms with Gasteiger partial charge in [-0.15, -0.1) is 6.58 Å². The fourth-order valence-electron chi connectivity index (χ4n) is 1.28. The molecule has 1 aromatic carbocycles. The zero-order chi connectivity index (χ0) is 9.84. The maximum absolute atomic E-state index is 8.93. The standard InChI is InChI=1S/C12H12N/c1-4-9(2)11-7-5-6-10(3)12(11)8-13/h4-7,9H,1-2H2,3H3. The molecule has 0 aliphatic carbocycles. The molecule has 1 rings (SSSR count). The molecule has 0 saturated carbocycles. The fraction of sp³-hybridized carbons (Fsp3) is 0.167. The highest BCUT2D eigenvalue weighted by molar-refractivity contribution is 5.46. The van der Waals surface area contributed by atoms with Gasteiger partial charge in [0.2, 0.25) is 0 Å². The second kappa shape index (κ2) is 3.91. The molecule has 0 aliphatic rings. The van der Waals surface area contributed by atoms with Crippen LogP contribution in [0.4, 0.5) is 0 Å². The topological polar surface area (TPSA) is 23.8 Å². The Morgan fingerprint density at radius 3 is 2.77 bits per heavy atom. The van der Waals surface area contributed by atoms with Gasteiger partial charge >= 0.3 is 0 Å². The third kappa shape index (κ3) is 1.78. The van der Waals surface area contributed by atoms with Crippen LogP contribution >= 0.6 is 0 Å². The van der Waals surface area contributed by atoms with Crippen molar-refractivity contribution in [2.24, 2.45) is 0 Å². The molecule has 0 aliphatic heterocycles. The van der Waals surface area contributed by atoms with Crippen LogP contribution in [-0.4, -0.2) is 0 Å². The first-order valence-corrected chi connectivity index (χ1v) is 4.16. The minimum Gasteiger partial charge on any atom is -0.192 e. The third-order valence-corrected chi connectivity index (χ3v) is 2.10. The Labute approximate surface area is 79.3 Å². The summed E-state index contributed by atoms with van der Waals surface area (Å²) >= 11 is 0. The summed E-state index contributed by atoms with van der Waals surface area (Å²) in [6.07, 6.45) is 1.75. The van der Waals surface area contributed by atoms with Crippen molar-refractivity contribution in [1.29, 1.82) is 5.26 Å². The molecule has 0 amide bonds. The van der Waals surface area contributed by atoms with Crippen molar-refractivity contribution in [2.45, 2.75) is 12.8 Å². The molecule has 1 aromatic rings. The van der Waals surface area contributed by atoms with E-state index in [-0.39, 0.29) is 5.92 Å². The number of nitriles is 1. The average molecular weight is 170 g/mol. The molecule has 1 heteroatoms. The summed E-state index contributed by atoms with van der Waals surface area (Å²) in [5.74, 6) is -0.00505. The van der Waals surface area contributed by atoms with Crippen molar-refractivity contribution in [1.82, 2.24) is 0 Å². The maximum atomic E-state index is 8.93. The summed E-state index contributed by atoms with van der Waals surface area (Å²) in [7, 11) is 0. The Bertz CT molecular complexity index is 358. The average Bonchev–Trinajstić information content (AvgIpc) is 2.16. The fourth-order valence-corrected chi connectivity index (χ4v) is 1.28. The number of hydrogen-bond acceptors (Lipinski definition) is 1. The number of nitrogens with zero attached hydrogens (tertiary/aromatic N) is 1. The summed E-state index contributed by atoms with van der Waals surface area (Å²) in [4.78, 5) is 0. The SMILES string of the molecule is [CH2]C(C=C)c1cccc(C)c1C#N. The van der Waals surface area contributed by atoms with E-state index in [0.29, 0.717) is 0 Å². The van der Waals surface area contributed by atoms with Gasteiger partial charge in [0.15, 0.2) is 0 Å². The first-order chi connectivity index (χ1) is 6.20. The number of benzene rings is 1. The predicted molar refractivity (Wildman–Crippen MR) is 54.2 cm³/mol. The van der Waals surface area contributed by atoms with Crippen molar-refractivity contribution in [2.75, 3.05) is 0 Å². The highest BCUT2D eigenvalue weighted by atomic mass is 14.3. The van der Waals surface area contributed by atoms with Gasteiger partial charge in [-0.05, 0) is 25.0 Å². The summed E-state index contributed by atoms with van der Waals surface area (Å²) in [5.41, 5.74) is 2.68. The van der Waals surface area contributed by atoms with E-state index in [1.165, 1.54) is 0 Å². The van der Waals surface area contributed by atoms with Crippen molar-refractivity contribution in [3.63, 3.8) is 0 Å². The highest BCUT2D eigenvalue weighted by Crippen LogP contribution is 2.22. The van der Waals surface area contributed by atoms with Gasteiger partial charge in [0.25, 0.3) is 0 Å². The van der Waals surface area contributed by atoms with Crippen LogP contribution in [0.1, 0.15) is 22.6 Å². The molecule has 0 bridgehead atoms. The number of aryl methyl sites for hydroxylation is 1. The lowest BCUT2D eigenvalue weighted by atomic mass is 9.93. The second-order valence-corrected chi connectivity index (χ2v) is 2.99. The van der Waals surface area contributed by atoms with E-state index in [0.717, 1.165) is 16.7 Å². The van der Waals surface area contributed by atoms with Crippen LogP contribution in [0.5, 0.6) is 0 Å². The maximum Gasteiger partial charge on any atom is 0.0997 e. The van der Waals surface area contributed by atoms with Crippen molar-refractivity contribution in [3.05, 3.63) is 54.5 Å². The van der Waals surface area contributed by atoms with E-state index in [2.05, 4.69) is 19.6 Å². The summed E-state index contributed by atoms with van der Waals surface area (Å²) in [6, 6.07) is 7.98. The smallest absolute Gasteiger partial charge is 0.0997 e. The molecule has 0 heterocycles. The Balaban J connectivity index is 3.29. The molecule has 0 saturated heterocycles. The van der Waals surface area contributed by atoms with Crippen molar-refractivity contribution >= 4 is 0 Å². The highest BCUT2D eigenvalue weighted by Gasteiger charge is 2.08. The summed E-state index contributed by atoms with van der Waals surface area (Å²) in [6.45, 7) is 9.51. The van der Waals surface area contributed by atoms with E-state index >= 15 is 0 Å². The number of hydrogen-bond donors (Lipinski definition) is 0. The van der Waals surface area contributed by atoms with Crippen LogP contribution in [0.3, 0.4) is 0 Å². The van der Waals surface area contributed by atoms with Crippen molar-refractivity contribution in [3.8, 4) is 6.07 Å². The number of rotatable bonds is 2. The van der Waals surface area contributed by atoms with Gasteiger partial charge in [0.1, 0.15) is 0 Å². The van der Waals surface area contributed by atoms with Crippen LogP contribution in [0.25, 0.3) is 0 Å². The quantitative estimate of drug-likeness (QED) is 0.626. The molecular weight excluding hydrogens is 158 g/mol. The predicted octanol–water partition coefficient (Wildman–Crippen LogP) is 2.97. The zero-order valence-electron chi connectivity index (χ0n) is 7.75. The van der Waals surface area contributed by atoms with Gasteiger partial charge in [-0.25, -0.2) is 0 Å². The van der Waals surface area contributed by atoms with Gasteiger partial charge in [0, 0.05) is 5.92 Å². The molecular formula is C12H12N. The monoisotopic (exact) mass is 170 g/mol. The molecule has 0 N–H and O–H groups in total. The van der Waals surface area contributed by atoms with Gasteiger partial charge in [-0.1, -0.05) is 24.3 Å². The van der Waals surface area contributed by atoms with Gasteiger partial charge < -0.3 is 0 Å². The van der Waals surface area contributed by atoms with Gasteiger partial charge in [-0.3, -0.25) is 0 Å². The molecule has 0 fully saturated rings. The van der Waals surface area contributed by atoms with Crippen LogP contribution in [0.15, 0.2) is 30.9 Å². The minimum absolute atomic E-state index is 0.00505. The lowest BCUT2D eigenvalue weighted by molar-refractivity contribution is 1.07. The van der Waals surface area contributed by atoms with E-state index in [9.17, 15) is 0 Å². The zero-order valence-corrected chi connectivity index (χ0v) is 7.75. The molecule has 1 radical (unpaired) electrons. The van der Waals surface area contributed by atoms with Gasteiger partial charge in [0.05, 0.1) is 11.6 Å². The van der Waals surface area contributed by atoms with Crippen LogP contribution in [0.2, 0.25) is 0 Å². The number of allylic oxidation sites excluding steroid dienone is 1.